The summed E-state index contributed by atoms with van der Waals surface area (Å²) in [7, 11) is -3.86. The first-order chi connectivity index (χ1) is 16.3. The van der Waals surface area contributed by atoms with Gasteiger partial charge < -0.3 is 5.73 Å². The summed E-state index contributed by atoms with van der Waals surface area (Å²) < 4.78 is 30.0. The van der Waals surface area contributed by atoms with Gasteiger partial charge in [0.05, 0.1) is 27.3 Å². The summed E-state index contributed by atoms with van der Waals surface area (Å²) in [5, 5.41) is 10.1. The molecule has 10 heteroatoms. The Labute approximate surface area is 200 Å². The number of benzene rings is 3. The first kappa shape index (κ1) is 21.7. The molecule has 0 saturated carbocycles. The molecule has 0 fully saturated rings. The summed E-state index contributed by atoms with van der Waals surface area (Å²) in [6, 6.07) is 20.5. The summed E-state index contributed by atoms with van der Waals surface area (Å²) in [6.07, 6.45) is 0. The molecule has 3 N–H and O–H groups in total. The van der Waals surface area contributed by atoms with E-state index in [1.165, 1.54) is 18.2 Å². The minimum Gasteiger partial charge on any atom is -0.384 e. The number of aryl methyl sites for hydroxylation is 1. The number of nitrogens with one attached hydrogen (secondary N) is 1. The van der Waals surface area contributed by atoms with Gasteiger partial charge in [0, 0.05) is 5.02 Å². The van der Waals surface area contributed by atoms with Crippen molar-refractivity contribution in [3.8, 4) is 11.8 Å². The molecule has 3 aromatic carbocycles. The third-order valence-electron chi connectivity index (χ3n) is 5.41. The zero-order chi connectivity index (χ0) is 24.0. The maximum absolute atomic E-state index is 12.9. The Morgan fingerprint density at radius 3 is 2.44 bits per heavy atom. The first-order valence-corrected chi connectivity index (χ1v) is 12.0. The highest BCUT2D eigenvalue weighted by atomic mass is 35.5. The Morgan fingerprint density at radius 2 is 1.76 bits per heavy atom. The van der Waals surface area contributed by atoms with Crippen molar-refractivity contribution in [1.29, 1.82) is 5.26 Å². The van der Waals surface area contributed by atoms with Gasteiger partial charge in [0.2, 0.25) is 0 Å². The number of hydrogen-bond acceptors (Lipinski definition) is 6. The topological polar surface area (TPSA) is 127 Å². The number of para-hydroxylation sites is 2. The van der Waals surface area contributed by atoms with Crippen LogP contribution in [0.3, 0.4) is 0 Å². The van der Waals surface area contributed by atoms with Gasteiger partial charge in [-0.2, -0.15) is 5.26 Å². The molecule has 0 unspecified atom stereocenters. The van der Waals surface area contributed by atoms with Gasteiger partial charge in [-0.3, -0.25) is 9.29 Å². The van der Waals surface area contributed by atoms with Crippen molar-refractivity contribution in [2.45, 2.75) is 11.8 Å². The molecule has 0 atom stereocenters. The number of nitrogen functional groups attached to an aromatic ring is 1. The molecule has 0 radical (unpaired) electrons. The highest BCUT2D eigenvalue weighted by Crippen LogP contribution is 2.32. The molecule has 5 rings (SSSR count). The van der Waals surface area contributed by atoms with E-state index in [0.717, 1.165) is 0 Å². The summed E-state index contributed by atoms with van der Waals surface area (Å²) in [6.45, 7) is 1.76. The van der Waals surface area contributed by atoms with Crippen LogP contribution in [0.25, 0.3) is 27.9 Å². The van der Waals surface area contributed by atoms with E-state index in [9.17, 15) is 13.7 Å². The number of aromatic nitrogens is 3. The molecule has 0 aliphatic rings. The number of rotatable bonds is 4. The van der Waals surface area contributed by atoms with Crippen LogP contribution in [0.1, 0.15) is 11.1 Å². The van der Waals surface area contributed by atoms with Crippen molar-refractivity contribution in [3.05, 3.63) is 82.9 Å². The average molecular weight is 489 g/mol. The van der Waals surface area contributed by atoms with Crippen molar-refractivity contribution in [2.75, 3.05) is 10.5 Å². The molecule has 0 aliphatic carbocycles. The average Bonchev–Trinajstić information content (AvgIpc) is 3.07. The van der Waals surface area contributed by atoms with E-state index in [0.29, 0.717) is 44.2 Å². The molecular formula is C24H17ClN6O2S. The van der Waals surface area contributed by atoms with E-state index in [2.05, 4.69) is 20.8 Å². The van der Waals surface area contributed by atoms with Gasteiger partial charge in [0.15, 0.2) is 5.65 Å². The molecule has 2 heterocycles. The highest BCUT2D eigenvalue weighted by molar-refractivity contribution is 7.92. The van der Waals surface area contributed by atoms with E-state index >= 15 is 0 Å². The van der Waals surface area contributed by atoms with Crippen LogP contribution >= 0.6 is 11.6 Å². The van der Waals surface area contributed by atoms with Crippen LogP contribution in [0.4, 0.5) is 11.5 Å². The fraction of sp³-hybridized carbons (Fsp3) is 0.0417. The Bertz CT molecular complexity index is 1760. The lowest BCUT2D eigenvalue weighted by Crippen LogP contribution is -2.13. The lowest BCUT2D eigenvalue weighted by Gasteiger charge is -2.14. The quantitative estimate of drug-likeness (QED) is 0.374. The standard InChI is InChI=1S/C24H17ClN6O2S/c1-14-11-17(34(32,33)30-16-6-4-5-15(25)12-16)9-10-21(14)31-23(27)18(13-26)22-24(31)29-20-8-3-2-7-19(20)28-22/h2-12,30H,27H2,1H3. The van der Waals surface area contributed by atoms with E-state index < -0.39 is 10.0 Å². The van der Waals surface area contributed by atoms with Crippen molar-refractivity contribution in [2.24, 2.45) is 0 Å². The molecule has 0 saturated heterocycles. The second-order valence-corrected chi connectivity index (χ2v) is 9.77. The number of nitrogens with two attached hydrogens (primary N) is 1. The normalized spacial score (nSPS) is 11.6. The van der Waals surface area contributed by atoms with Gasteiger partial charge in [0.25, 0.3) is 10.0 Å². The van der Waals surface area contributed by atoms with Crippen molar-refractivity contribution < 1.29 is 8.42 Å². The van der Waals surface area contributed by atoms with Gasteiger partial charge in [-0.25, -0.2) is 18.4 Å². The number of sulfonamides is 1. The molecule has 0 bridgehead atoms. The van der Waals surface area contributed by atoms with Crippen molar-refractivity contribution in [1.82, 2.24) is 14.5 Å². The molecular weight excluding hydrogens is 472 g/mol. The van der Waals surface area contributed by atoms with E-state index in [1.807, 2.05) is 24.3 Å². The van der Waals surface area contributed by atoms with E-state index in [4.69, 9.17) is 17.3 Å². The Kier molecular flexibility index (Phi) is 5.12. The number of halogens is 1. The highest BCUT2D eigenvalue weighted by Gasteiger charge is 2.22. The molecule has 0 amide bonds. The van der Waals surface area contributed by atoms with Gasteiger partial charge in [0.1, 0.15) is 23.0 Å². The minimum atomic E-state index is -3.86. The van der Waals surface area contributed by atoms with Crippen LogP contribution in [0.5, 0.6) is 0 Å². The van der Waals surface area contributed by atoms with E-state index in [-0.39, 0.29) is 16.3 Å². The lowest BCUT2D eigenvalue weighted by molar-refractivity contribution is 0.601. The Hall–Kier alpha value is -4.13. The van der Waals surface area contributed by atoms with Crippen LogP contribution in [0.2, 0.25) is 5.02 Å². The molecule has 0 aliphatic heterocycles. The molecule has 2 aromatic heterocycles. The molecule has 0 spiro atoms. The summed E-state index contributed by atoms with van der Waals surface area (Å²) in [4.78, 5) is 9.35. The minimum absolute atomic E-state index is 0.0702. The summed E-state index contributed by atoms with van der Waals surface area (Å²) in [5.41, 5.74) is 10.2. The third-order valence-corrected chi connectivity index (χ3v) is 7.02. The second-order valence-electron chi connectivity index (χ2n) is 7.66. The third kappa shape index (κ3) is 3.59. The van der Waals surface area contributed by atoms with Crippen molar-refractivity contribution in [3.63, 3.8) is 0 Å². The Morgan fingerprint density at radius 1 is 1.03 bits per heavy atom. The summed E-state index contributed by atoms with van der Waals surface area (Å²) >= 11 is 5.96. The van der Waals surface area contributed by atoms with Gasteiger partial charge in [-0.15, -0.1) is 0 Å². The molecule has 5 aromatic rings. The van der Waals surface area contributed by atoms with Gasteiger partial charge >= 0.3 is 0 Å². The number of nitriles is 1. The van der Waals surface area contributed by atoms with Crippen LogP contribution in [-0.2, 0) is 10.0 Å². The maximum atomic E-state index is 12.9. The summed E-state index contributed by atoms with van der Waals surface area (Å²) in [5.74, 6) is 0.184. The van der Waals surface area contributed by atoms with Gasteiger partial charge in [-0.05, 0) is 61.0 Å². The molecule has 168 valence electrons. The second kappa shape index (κ2) is 8.02. The van der Waals surface area contributed by atoms with Crippen LogP contribution in [0.15, 0.2) is 71.6 Å². The maximum Gasteiger partial charge on any atom is 0.261 e. The largest absolute Gasteiger partial charge is 0.384 e. The fourth-order valence-corrected chi connectivity index (χ4v) is 5.15. The van der Waals surface area contributed by atoms with Gasteiger partial charge in [-0.1, -0.05) is 29.8 Å². The van der Waals surface area contributed by atoms with Crippen LogP contribution < -0.4 is 10.5 Å². The predicted octanol–water partition coefficient (Wildman–Crippen LogP) is 4.79. The Balaban J connectivity index is 1.64. The lowest BCUT2D eigenvalue weighted by atomic mass is 10.2. The van der Waals surface area contributed by atoms with Crippen LogP contribution in [0, 0.1) is 18.3 Å². The van der Waals surface area contributed by atoms with Crippen LogP contribution in [-0.4, -0.2) is 23.0 Å². The fourth-order valence-electron chi connectivity index (χ4n) is 3.83. The number of fused-ring (bicyclic) bond motifs is 2. The number of nitrogens with zero attached hydrogens (tertiary/aromatic N) is 4. The van der Waals surface area contributed by atoms with E-state index in [1.54, 1.807) is 35.8 Å². The zero-order valence-corrected chi connectivity index (χ0v) is 19.4. The predicted molar refractivity (Wildman–Crippen MR) is 132 cm³/mol. The molecule has 8 nitrogen and oxygen atoms in total. The number of hydrogen-bond donors (Lipinski definition) is 2. The molecule has 34 heavy (non-hydrogen) atoms. The first-order valence-electron chi connectivity index (χ1n) is 10.1. The SMILES string of the molecule is Cc1cc(S(=O)(=O)Nc2cccc(Cl)c2)ccc1-n1c(N)c(C#N)c2nc3ccccc3nc21. The smallest absolute Gasteiger partial charge is 0.261 e. The number of anilines is 2. The van der Waals surface area contributed by atoms with Crippen molar-refractivity contribution >= 4 is 55.3 Å². The zero-order valence-electron chi connectivity index (χ0n) is 17.8. The monoisotopic (exact) mass is 488 g/mol.